The molecule has 14 heavy (non-hydrogen) atoms. The summed E-state index contributed by atoms with van der Waals surface area (Å²) in [4.78, 5) is 2.07. The second-order valence-electron chi connectivity index (χ2n) is 3.74. The molecule has 0 unspecified atom stereocenters. The average molecular weight is 193 g/mol. The third kappa shape index (κ3) is 1.80. The van der Waals surface area contributed by atoms with Crippen molar-refractivity contribution in [2.24, 2.45) is 0 Å². The maximum absolute atomic E-state index is 10.2. The zero-order valence-electron chi connectivity index (χ0n) is 8.31. The Morgan fingerprint density at radius 3 is 2.71 bits per heavy atom. The molecule has 1 atom stereocenters. The Balaban J connectivity index is 2.23. The highest BCUT2D eigenvalue weighted by Crippen LogP contribution is 2.25. The van der Waals surface area contributed by atoms with Gasteiger partial charge in [0.15, 0.2) is 0 Å². The van der Waals surface area contributed by atoms with E-state index in [2.05, 4.69) is 4.90 Å². The van der Waals surface area contributed by atoms with Crippen molar-refractivity contribution in [3.05, 3.63) is 35.9 Å². The van der Waals surface area contributed by atoms with Gasteiger partial charge in [-0.15, -0.1) is 0 Å². The first-order valence-electron chi connectivity index (χ1n) is 4.81. The summed E-state index contributed by atoms with van der Waals surface area (Å²) in [5.41, 5.74) is 0.826. The fourth-order valence-electron chi connectivity index (χ4n) is 1.73. The van der Waals surface area contributed by atoms with E-state index in [1.807, 2.05) is 37.4 Å². The van der Waals surface area contributed by atoms with Gasteiger partial charge in [0.25, 0.3) is 0 Å². The highest BCUT2D eigenvalue weighted by atomic mass is 16.6. The van der Waals surface area contributed by atoms with Gasteiger partial charge in [0.05, 0.1) is 13.2 Å². The molecule has 0 bridgehead atoms. The Morgan fingerprint density at radius 1 is 1.36 bits per heavy atom. The number of rotatable bonds is 1. The molecule has 1 N–H and O–H groups in total. The van der Waals surface area contributed by atoms with Gasteiger partial charge in [0.2, 0.25) is 5.79 Å². The lowest BCUT2D eigenvalue weighted by Gasteiger charge is -2.37. The van der Waals surface area contributed by atoms with Crippen LogP contribution in [0.15, 0.2) is 30.3 Å². The van der Waals surface area contributed by atoms with E-state index in [1.54, 1.807) is 0 Å². The minimum absolute atomic E-state index is 0.525. The summed E-state index contributed by atoms with van der Waals surface area (Å²) in [5, 5.41) is 10.2. The van der Waals surface area contributed by atoms with Gasteiger partial charge in [-0.2, -0.15) is 0 Å². The molecule has 0 radical (unpaired) electrons. The van der Waals surface area contributed by atoms with Gasteiger partial charge in [0, 0.05) is 12.1 Å². The molecule has 0 saturated carbocycles. The van der Waals surface area contributed by atoms with E-state index >= 15 is 0 Å². The van der Waals surface area contributed by atoms with Crippen molar-refractivity contribution in [3.63, 3.8) is 0 Å². The summed E-state index contributed by atoms with van der Waals surface area (Å²) in [5.74, 6) is -1.13. The largest absolute Gasteiger partial charge is 0.361 e. The summed E-state index contributed by atoms with van der Waals surface area (Å²) in [6, 6.07) is 9.52. The molecular weight excluding hydrogens is 178 g/mol. The molecule has 2 rings (SSSR count). The predicted octanol–water partition coefficient (Wildman–Crippen LogP) is 0.794. The summed E-state index contributed by atoms with van der Waals surface area (Å²) in [6.45, 7) is 1.97. The number of benzene rings is 1. The maximum atomic E-state index is 10.2. The van der Waals surface area contributed by atoms with Crippen molar-refractivity contribution in [2.45, 2.75) is 5.79 Å². The second-order valence-corrected chi connectivity index (χ2v) is 3.74. The minimum Gasteiger partial charge on any atom is -0.361 e. The number of β-amino-alcohol motifs (C(OH)–C–C–N with tert-alkyl or cyclic N) is 1. The van der Waals surface area contributed by atoms with Gasteiger partial charge < -0.3 is 9.84 Å². The van der Waals surface area contributed by atoms with Gasteiger partial charge >= 0.3 is 0 Å². The van der Waals surface area contributed by atoms with Crippen molar-refractivity contribution < 1.29 is 9.84 Å². The van der Waals surface area contributed by atoms with Crippen molar-refractivity contribution in [1.82, 2.24) is 4.90 Å². The summed E-state index contributed by atoms with van der Waals surface area (Å²) in [6.07, 6.45) is 0. The van der Waals surface area contributed by atoms with E-state index in [0.717, 1.165) is 12.1 Å². The number of likely N-dealkylation sites (N-methyl/N-ethyl adjacent to an activating group) is 1. The van der Waals surface area contributed by atoms with Crippen LogP contribution in [-0.4, -0.2) is 36.8 Å². The van der Waals surface area contributed by atoms with Crippen molar-refractivity contribution in [2.75, 3.05) is 26.7 Å². The SMILES string of the molecule is CN1CCO[C@@](O)(c2ccccc2)C1. The molecule has 1 heterocycles. The van der Waals surface area contributed by atoms with Gasteiger partial charge in [-0.05, 0) is 7.05 Å². The van der Waals surface area contributed by atoms with E-state index in [-0.39, 0.29) is 0 Å². The second kappa shape index (κ2) is 3.69. The molecule has 0 aromatic heterocycles. The number of hydrogen-bond acceptors (Lipinski definition) is 3. The Kier molecular flexibility index (Phi) is 2.54. The zero-order valence-corrected chi connectivity index (χ0v) is 8.31. The van der Waals surface area contributed by atoms with Crippen LogP contribution in [0.5, 0.6) is 0 Å². The highest BCUT2D eigenvalue weighted by molar-refractivity contribution is 5.20. The number of morpholine rings is 1. The molecule has 0 spiro atoms. The molecule has 1 aromatic rings. The van der Waals surface area contributed by atoms with Crippen LogP contribution in [-0.2, 0) is 10.5 Å². The van der Waals surface area contributed by atoms with E-state index < -0.39 is 5.79 Å². The average Bonchev–Trinajstić information content (AvgIpc) is 2.19. The Labute approximate surface area is 83.9 Å². The quantitative estimate of drug-likeness (QED) is 0.716. The summed E-state index contributed by atoms with van der Waals surface area (Å²) < 4.78 is 5.44. The third-order valence-corrected chi connectivity index (χ3v) is 2.52. The summed E-state index contributed by atoms with van der Waals surface area (Å²) >= 11 is 0. The van der Waals surface area contributed by atoms with Crippen LogP contribution in [0.4, 0.5) is 0 Å². The molecule has 0 amide bonds. The molecule has 0 aliphatic carbocycles. The number of ether oxygens (including phenoxy) is 1. The topological polar surface area (TPSA) is 32.7 Å². The monoisotopic (exact) mass is 193 g/mol. The molecule has 3 nitrogen and oxygen atoms in total. The minimum atomic E-state index is -1.13. The van der Waals surface area contributed by atoms with Gasteiger partial charge in [-0.25, -0.2) is 0 Å². The fraction of sp³-hybridized carbons (Fsp3) is 0.455. The van der Waals surface area contributed by atoms with Crippen LogP contribution in [0.1, 0.15) is 5.56 Å². The van der Waals surface area contributed by atoms with E-state index in [0.29, 0.717) is 13.2 Å². The maximum Gasteiger partial charge on any atom is 0.205 e. The van der Waals surface area contributed by atoms with Crippen molar-refractivity contribution in [1.29, 1.82) is 0 Å². The van der Waals surface area contributed by atoms with E-state index in [1.165, 1.54) is 0 Å². The molecule has 1 saturated heterocycles. The number of nitrogens with zero attached hydrogens (tertiary/aromatic N) is 1. The van der Waals surface area contributed by atoms with Crippen molar-refractivity contribution >= 4 is 0 Å². The lowest BCUT2D eigenvalue weighted by molar-refractivity contribution is -0.245. The van der Waals surface area contributed by atoms with E-state index in [9.17, 15) is 5.11 Å². The predicted molar refractivity (Wildman–Crippen MR) is 53.8 cm³/mol. The Bertz CT molecular complexity index is 301. The Hall–Kier alpha value is -0.900. The molecule has 1 aliphatic heterocycles. The van der Waals surface area contributed by atoms with Crippen LogP contribution in [0, 0.1) is 0 Å². The standard InChI is InChI=1S/C11H15NO2/c1-12-7-8-14-11(13,9-12)10-5-3-2-4-6-10/h2-6,13H,7-9H2,1H3/t11-/m1/s1. The smallest absolute Gasteiger partial charge is 0.205 e. The van der Waals surface area contributed by atoms with Gasteiger partial charge in [-0.1, -0.05) is 30.3 Å². The lowest BCUT2D eigenvalue weighted by atomic mass is 10.0. The van der Waals surface area contributed by atoms with Crippen LogP contribution in [0.2, 0.25) is 0 Å². The van der Waals surface area contributed by atoms with E-state index in [4.69, 9.17) is 4.74 Å². The number of hydrogen-bond donors (Lipinski definition) is 1. The first-order chi connectivity index (χ1) is 6.71. The first kappa shape index (κ1) is 9.65. The molecule has 1 fully saturated rings. The van der Waals surface area contributed by atoms with Crippen LogP contribution < -0.4 is 0 Å². The summed E-state index contributed by atoms with van der Waals surface area (Å²) in [7, 11) is 1.98. The number of aliphatic hydroxyl groups is 1. The van der Waals surface area contributed by atoms with Crippen LogP contribution >= 0.6 is 0 Å². The first-order valence-corrected chi connectivity index (χ1v) is 4.81. The third-order valence-electron chi connectivity index (χ3n) is 2.52. The Morgan fingerprint density at radius 2 is 2.07 bits per heavy atom. The highest BCUT2D eigenvalue weighted by Gasteiger charge is 2.34. The van der Waals surface area contributed by atoms with Crippen molar-refractivity contribution in [3.8, 4) is 0 Å². The van der Waals surface area contributed by atoms with Crippen LogP contribution in [0.3, 0.4) is 0 Å². The molecular formula is C11H15NO2. The zero-order chi connectivity index (χ0) is 10.0. The molecule has 3 heteroatoms. The fourth-order valence-corrected chi connectivity index (χ4v) is 1.73. The lowest BCUT2D eigenvalue weighted by Crippen LogP contribution is -2.48. The van der Waals surface area contributed by atoms with Gasteiger partial charge in [-0.3, -0.25) is 4.90 Å². The van der Waals surface area contributed by atoms with Crippen LogP contribution in [0.25, 0.3) is 0 Å². The molecule has 1 aliphatic rings. The normalized spacial score (nSPS) is 29.0. The molecule has 1 aromatic carbocycles. The molecule has 76 valence electrons. The van der Waals surface area contributed by atoms with Gasteiger partial charge in [0.1, 0.15) is 0 Å².